The molecule has 1 unspecified atom stereocenters. The molecule has 5 N–H and O–H groups in total. The molecule has 15 heavy (non-hydrogen) atoms. The molecule has 0 fully saturated rings. The van der Waals surface area contributed by atoms with E-state index >= 15 is 0 Å². The first kappa shape index (κ1) is 13.9. The van der Waals surface area contributed by atoms with Gasteiger partial charge in [0.2, 0.25) is 0 Å². The Morgan fingerprint density at radius 2 is 2.20 bits per heavy atom. The molecular formula is C10H16ClN3O. The van der Waals surface area contributed by atoms with Gasteiger partial charge in [0.05, 0.1) is 12.6 Å². The maximum absolute atomic E-state index is 7.28. The fourth-order valence-corrected chi connectivity index (χ4v) is 1.21. The Labute approximate surface area is 95.5 Å². The Balaban J connectivity index is 0.00000196. The molecule has 1 aromatic carbocycles. The molecule has 0 saturated heterocycles. The Bertz CT molecular complexity index is 330. The molecule has 1 aromatic rings. The number of rotatable bonds is 4. The minimum absolute atomic E-state index is 0. The molecule has 0 aliphatic carbocycles. The quantitative estimate of drug-likeness (QED) is 0.533. The van der Waals surface area contributed by atoms with Gasteiger partial charge in [-0.05, 0) is 11.6 Å². The van der Waals surface area contributed by atoms with E-state index in [4.69, 9.17) is 21.6 Å². The largest absolute Gasteiger partial charge is 0.384 e. The Kier molecular flexibility index (Phi) is 5.93. The van der Waals surface area contributed by atoms with Crippen LogP contribution in [-0.4, -0.2) is 19.6 Å². The number of hydrogen-bond acceptors (Lipinski definition) is 3. The highest BCUT2D eigenvalue weighted by atomic mass is 35.5. The van der Waals surface area contributed by atoms with Crippen LogP contribution in [0.4, 0.5) is 0 Å². The van der Waals surface area contributed by atoms with Crippen molar-refractivity contribution in [2.24, 2.45) is 11.5 Å². The summed E-state index contributed by atoms with van der Waals surface area (Å²) < 4.78 is 4.95. The van der Waals surface area contributed by atoms with Crippen molar-refractivity contribution in [2.75, 3.05) is 13.7 Å². The van der Waals surface area contributed by atoms with Gasteiger partial charge in [-0.2, -0.15) is 0 Å². The first-order valence-electron chi connectivity index (χ1n) is 4.34. The summed E-state index contributed by atoms with van der Waals surface area (Å²) in [6.45, 7) is 0.460. The highest BCUT2D eigenvalue weighted by Crippen LogP contribution is 2.12. The van der Waals surface area contributed by atoms with E-state index in [2.05, 4.69) is 0 Å². The second-order valence-corrected chi connectivity index (χ2v) is 3.10. The van der Waals surface area contributed by atoms with Gasteiger partial charge in [0.15, 0.2) is 0 Å². The maximum Gasteiger partial charge on any atom is 0.122 e. The van der Waals surface area contributed by atoms with E-state index in [-0.39, 0.29) is 24.3 Å². The lowest BCUT2D eigenvalue weighted by molar-refractivity contribution is 0.181. The molecule has 4 nitrogen and oxygen atoms in total. The molecule has 0 saturated carbocycles. The van der Waals surface area contributed by atoms with Crippen LogP contribution in [0.15, 0.2) is 24.3 Å². The van der Waals surface area contributed by atoms with Crippen molar-refractivity contribution in [3.8, 4) is 0 Å². The fraction of sp³-hybridized carbons (Fsp3) is 0.300. The predicted octanol–water partition coefficient (Wildman–Crippen LogP) is 1.04. The standard InChI is InChI=1S/C10H15N3O.ClH/c1-14-6-9(11)7-3-2-4-8(5-7)10(12)13;/h2-5,9H,6,11H2,1H3,(H3,12,13);1H. The first-order chi connectivity index (χ1) is 6.65. The summed E-state index contributed by atoms with van der Waals surface area (Å²) in [6.07, 6.45) is 0. The van der Waals surface area contributed by atoms with Gasteiger partial charge >= 0.3 is 0 Å². The van der Waals surface area contributed by atoms with Crippen LogP contribution in [0.3, 0.4) is 0 Å². The summed E-state index contributed by atoms with van der Waals surface area (Å²) in [5, 5.41) is 7.28. The molecule has 0 radical (unpaired) electrons. The average molecular weight is 230 g/mol. The van der Waals surface area contributed by atoms with E-state index in [0.717, 1.165) is 5.56 Å². The van der Waals surface area contributed by atoms with Crippen molar-refractivity contribution in [3.63, 3.8) is 0 Å². The number of halogens is 1. The predicted molar refractivity (Wildman–Crippen MR) is 63.5 cm³/mol. The maximum atomic E-state index is 7.28. The summed E-state index contributed by atoms with van der Waals surface area (Å²) in [6, 6.07) is 7.16. The molecule has 0 aromatic heterocycles. The number of ether oxygens (including phenoxy) is 1. The highest BCUT2D eigenvalue weighted by molar-refractivity contribution is 5.95. The molecule has 0 spiro atoms. The normalized spacial score (nSPS) is 11.6. The van der Waals surface area contributed by atoms with Gasteiger partial charge in [0.25, 0.3) is 0 Å². The third-order valence-corrected chi connectivity index (χ3v) is 1.97. The van der Waals surface area contributed by atoms with Crippen LogP contribution in [0, 0.1) is 5.41 Å². The number of nitrogen functional groups attached to an aromatic ring is 1. The number of nitrogens with two attached hydrogens (primary N) is 2. The van der Waals surface area contributed by atoms with Gasteiger partial charge in [0.1, 0.15) is 5.84 Å². The van der Waals surface area contributed by atoms with E-state index in [9.17, 15) is 0 Å². The van der Waals surface area contributed by atoms with Gasteiger partial charge in [0, 0.05) is 12.7 Å². The van der Waals surface area contributed by atoms with E-state index < -0.39 is 0 Å². The van der Waals surface area contributed by atoms with E-state index in [1.165, 1.54) is 0 Å². The summed E-state index contributed by atoms with van der Waals surface area (Å²) in [4.78, 5) is 0. The van der Waals surface area contributed by atoms with E-state index in [1.54, 1.807) is 13.2 Å². The lowest BCUT2D eigenvalue weighted by atomic mass is 10.0. The summed E-state index contributed by atoms with van der Waals surface area (Å²) in [5.41, 5.74) is 12.8. The lowest BCUT2D eigenvalue weighted by Gasteiger charge is -2.11. The number of hydrogen-bond donors (Lipinski definition) is 3. The zero-order chi connectivity index (χ0) is 10.6. The number of benzene rings is 1. The smallest absolute Gasteiger partial charge is 0.122 e. The van der Waals surface area contributed by atoms with Gasteiger partial charge in [-0.15, -0.1) is 12.4 Å². The molecule has 0 aliphatic heterocycles. The zero-order valence-corrected chi connectivity index (χ0v) is 9.38. The fourth-order valence-electron chi connectivity index (χ4n) is 1.21. The first-order valence-corrected chi connectivity index (χ1v) is 4.34. The van der Waals surface area contributed by atoms with Crippen LogP contribution in [0.5, 0.6) is 0 Å². The molecule has 84 valence electrons. The second kappa shape index (κ2) is 6.40. The SMILES string of the molecule is COCC(N)c1cccc(C(=N)N)c1.Cl. The molecule has 0 heterocycles. The third-order valence-electron chi connectivity index (χ3n) is 1.97. The summed E-state index contributed by atoms with van der Waals surface area (Å²) >= 11 is 0. The summed E-state index contributed by atoms with van der Waals surface area (Å²) in [7, 11) is 1.61. The van der Waals surface area contributed by atoms with Crippen molar-refractivity contribution in [1.82, 2.24) is 0 Å². The lowest BCUT2D eigenvalue weighted by Crippen LogP contribution is -2.17. The van der Waals surface area contributed by atoms with Crippen molar-refractivity contribution in [1.29, 1.82) is 5.41 Å². The zero-order valence-electron chi connectivity index (χ0n) is 8.57. The monoisotopic (exact) mass is 229 g/mol. The van der Waals surface area contributed by atoms with Crippen LogP contribution in [-0.2, 0) is 4.74 Å². The number of methoxy groups -OCH3 is 1. The molecule has 1 rings (SSSR count). The Morgan fingerprint density at radius 1 is 1.53 bits per heavy atom. The Hall–Kier alpha value is -1.10. The van der Waals surface area contributed by atoms with Crippen molar-refractivity contribution in [2.45, 2.75) is 6.04 Å². The van der Waals surface area contributed by atoms with Gasteiger partial charge in [-0.1, -0.05) is 18.2 Å². The van der Waals surface area contributed by atoms with Crippen LogP contribution in [0.25, 0.3) is 0 Å². The minimum atomic E-state index is -0.167. The molecule has 0 bridgehead atoms. The molecular weight excluding hydrogens is 214 g/mol. The van der Waals surface area contributed by atoms with Crippen LogP contribution >= 0.6 is 12.4 Å². The molecule has 1 atom stereocenters. The number of amidine groups is 1. The van der Waals surface area contributed by atoms with Gasteiger partial charge < -0.3 is 16.2 Å². The Morgan fingerprint density at radius 3 is 2.73 bits per heavy atom. The highest BCUT2D eigenvalue weighted by Gasteiger charge is 2.06. The number of nitrogens with one attached hydrogen (secondary N) is 1. The van der Waals surface area contributed by atoms with Crippen molar-refractivity contribution in [3.05, 3.63) is 35.4 Å². The van der Waals surface area contributed by atoms with Gasteiger partial charge in [-0.25, -0.2) is 0 Å². The van der Waals surface area contributed by atoms with Crippen molar-refractivity contribution < 1.29 is 4.74 Å². The average Bonchev–Trinajstić information content (AvgIpc) is 2.18. The second-order valence-electron chi connectivity index (χ2n) is 3.10. The van der Waals surface area contributed by atoms with Crippen molar-refractivity contribution >= 4 is 18.2 Å². The molecule has 0 amide bonds. The molecule has 0 aliphatic rings. The van der Waals surface area contributed by atoms with Crippen LogP contribution < -0.4 is 11.5 Å². The topological polar surface area (TPSA) is 85.1 Å². The van der Waals surface area contributed by atoms with Crippen LogP contribution in [0.2, 0.25) is 0 Å². The van der Waals surface area contributed by atoms with E-state index in [1.807, 2.05) is 18.2 Å². The van der Waals surface area contributed by atoms with Crippen LogP contribution in [0.1, 0.15) is 17.2 Å². The van der Waals surface area contributed by atoms with Gasteiger partial charge in [-0.3, -0.25) is 5.41 Å². The third kappa shape index (κ3) is 3.87. The minimum Gasteiger partial charge on any atom is -0.384 e. The van der Waals surface area contributed by atoms with E-state index in [0.29, 0.717) is 12.2 Å². The molecule has 5 heteroatoms. The summed E-state index contributed by atoms with van der Waals surface area (Å²) in [5.74, 6) is 0.0523.